The van der Waals surface area contributed by atoms with Crippen molar-refractivity contribution in [2.24, 2.45) is 0 Å². The molecule has 1 N–H and O–H groups in total. The molecular weight excluding hydrogens is 243 g/mol. The molecule has 0 spiro atoms. The van der Waals surface area contributed by atoms with Gasteiger partial charge in [-0.15, -0.1) is 0 Å². The molecule has 0 saturated heterocycles. The number of amides is 1. The van der Waals surface area contributed by atoms with E-state index in [0.29, 0.717) is 10.7 Å². The normalized spacial score (nSPS) is 10.0. The summed E-state index contributed by atoms with van der Waals surface area (Å²) < 4.78 is 13.4. The zero-order chi connectivity index (χ0) is 12.3. The maximum absolute atomic E-state index is 13.4. The van der Waals surface area contributed by atoms with Crippen molar-refractivity contribution in [1.29, 1.82) is 0 Å². The molecule has 0 unspecified atom stereocenters. The number of benzene rings is 1. The lowest BCUT2D eigenvalue weighted by Crippen LogP contribution is -2.13. The van der Waals surface area contributed by atoms with Crippen LogP contribution in [0.2, 0.25) is 5.02 Å². The SMILES string of the molecule is O=C(Nc1ccncc1)c1cc(Cl)ccc1F. The molecule has 17 heavy (non-hydrogen) atoms. The molecule has 1 aromatic heterocycles. The third-order valence-electron chi connectivity index (χ3n) is 2.11. The van der Waals surface area contributed by atoms with E-state index < -0.39 is 11.7 Å². The average molecular weight is 251 g/mol. The van der Waals surface area contributed by atoms with Gasteiger partial charge in [-0.25, -0.2) is 4.39 Å². The number of nitrogens with one attached hydrogen (secondary N) is 1. The maximum Gasteiger partial charge on any atom is 0.258 e. The molecule has 0 radical (unpaired) electrons. The first kappa shape index (κ1) is 11.5. The number of hydrogen-bond donors (Lipinski definition) is 1. The fraction of sp³-hybridized carbons (Fsp3) is 0. The highest BCUT2D eigenvalue weighted by Crippen LogP contribution is 2.16. The highest BCUT2D eigenvalue weighted by atomic mass is 35.5. The number of aromatic nitrogens is 1. The van der Waals surface area contributed by atoms with E-state index in [1.54, 1.807) is 12.1 Å². The minimum atomic E-state index is -0.610. The van der Waals surface area contributed by atoms with E-state index in [-0.39, 0.29) is 5.56 Å². The van der Waals surface area contributed by atoms with Crippen LogP contribution in [0.4, 0.5) is 10.1 Å². The first-order valence-electron chi connectivity index (χ1n) is 4.83. The van der Waals surface area contributed by atoms with Crippen molar-refractivity contribution < 1.29 is 9.18 Å². The summed E-state index contributed by atoms with van der Waals surface area (Å²) in [6.07, 6.45) is 3.06. The number of carbonyl (C=O) groups is 1. The summed E-state index contributed by atoms with van der Waals surface area (Å²) in [4.78, 5) is 15.6. The highest BCUT2D eigenvalue weighted by molar-refractivity contribution is 6.31. The first-order chi connectivity index (χ1) is 8.16. The molecule has 0 fully saturated rings. The molecule has 2 aromatic rings. The summed E-state index contributed by atoms with van der Waals surface area (Å²) in [6, 6.07) is 7.05. The minimum absolute atomic E-state index is 0.0886. The zero-order valence-corrected chi connectivity index (χ0v) is 9.41. The number of nitrogens with zero attached hydrogens (tertiary/aromatic N) is 1. The van der Waals surface area contributed by atoms with Gasteiger partial charge in [0.1, 0.15) is 5.82 Å². The molecule has 0 atom stereocenters. The first-order valence-corrected chi connectivity index (χ1v) is 5.21. The van der Waals surface area contributed by atoms with Crippen LogP contribution < -0.4 is 5.32 Å². The second-order valence-electron chi connectivity index (χ2n) is 3.31. The van der Waals surface area contributed by atoms with Gasteiger partial charge in [-0.05, 0) is 30.3 Å². The van der Waals surface area contributed by atoms with Crippen molar-refractivity contribution in [2.45, 2.75) is 0 Å². The van der Waals surface area contributed by atoms with E-state index in [2.05, 4.69) is 10.3 Å². The van der Waals surface area contributed by atoms with E-state index in [9.17, 15) is 9.18 Å². The van der Waals surface area contributed by atoms with Crippen LogP contribution in [0, 0.1) is 5.82 Å². The second-order valence-corrected chi connectivity index (χ2v) is 3.75. The number of hydrogen-bond acceptors (Lipinski definition) is 2. The van der Waals surface area contributed by atoms with E-state index in [0.717, 1.165) is 6.07 Å². The fourth-order valence-corrected chi connectivity index (χ4v) is 1.48. The molecule has 0 aliphatic heterocycles. The molecule has 0 aliphatic rings. The molecule has 0 aliphatic carbocycles. The monoisotopic (exact) mass is 250 g/mol. The van der Waals surface area contributed by atoms with Crippen molar-refractivity contribution in [2.75, 3.05) is 5.32 Å². The van der Waals surface area contributed by atoms with Gasteiger partial charge in [-0.1, -0.05) is 11.6 Å². The summed E-state index contributed by atoms with van der Waals surface area (Å²) in [5, 5.41) is 2.86. The average Bonchev–Trinajstić information content (AvgIpc) is 2.33. The lowest BCUT2D eigenvalue weighted by atomic mass is 10.2. The van der Waals surface area contributed by atoms with Gasteiger partial charge in [-0.2, -0.15) is 0 Å². The van der Waals surface area contributed by atoms with Gasteiger partial charge in [0.25, 0.3) is 5.91 Å². The van der Waals surface area contributed by atoms with Crippen LogP contribution in [0.5, 0.6) is 0 Å². The van der Waals surface area contributed by atoms with Gasteiger partial charge >= 0.3 is 0 Å². The molecule has 1 aromatic carbocycles. The van der Waals surface area contributed by atoms with E-state index in [1.165, 1.54) is 24.5 Å². The fourth-order valence-electron chi connectivity index (χ4n) is 1.31. The molecule has 1 heterocycles. The maximum atomic E-state index is 13.4. The van der Waals surface area contributed by atoms with Crippen LogP contribution in [-0.2, 0) is 0 Å². The van der Waals surface area contributed by atoms with E-state index >= 15 is 0 Å². The third kappa shape index (κ3) is 2.79. The number of halogens is 2. The topological polar surface area (TPSA) is 42.0 Å². The number of anilines is 1. The predicted octanol–water partition coefficient (Wildman–Crippen LogP) is 3.13. The van der Waals surface area contributed by atoms with Gasteiger partial charge in [0.15, 0.2) is 0 Å². The summed E-state index contributed by atoms with van der Waals surface area (Å²) >= 11 is 5.71. The van der Waals surface area contributed by atoms with Crippen LogP contribution >= 0.6 is 11.6 Å². The van der Waals surface area contributed by atoms with E-state index in [1.807, 2.05) is 0 Å². The molecule has 1 amide bonds. The Balaban J connectivity index is 2.23. The molecule has 0 bridgehead atoms. The quantitative estimate of drug-likeness (QED) is 0.890. The lowest BCUT2D eigenvalue weighted by Gasteiger charge is -2.05. The van der Waals surface area contributed by atoms with Crippen LogP contribution in [-0.4, -0.2) is 10.9 Å². The molecule has 2 rings (SSSR count). The molecule has 3 nitrogen and oxygen atoms in total. The Morgan fingerprint density at radius 1 is 1.24 bits per heavy atom. The smallest absolute Gasteiger partial charge is 0.258 e. The third-order valence-corrected chi connectivity index (χ3v) is 2.35. The van der Waals surface area contributed by atoms with Crippen LogP contribution in [0.25, 0.3) is 0 Å². The van der Waals surface area contributed by atoms with Gasteiger partial charge in [0.05, 0.1) is 5.56 Å². The number of carbonyl (C=O) groups excluding carboxylic acids is 1. The van der Waals surface area contributed by atoms with Crippen molar-refractivity contribution in [3.63, 3.8) is 0 Å². The molecule has 86 valence electrons. The standard InChI is InChI=1S/C12H8ClFN2O/c13-8-1-2-11(14)10(7-8)12(17)16-9-3-5-15-6-4-9/h1-7H,(H,15,16,17). The Labute approximate surface area is 102 Å². The highest BCUT2D eigenvalue weighted by Gasteiger charge is 2.12. The predicted molar refractivity (Wildman–Crippen MR) is 63.6 cm³/mol. The number of rotatable bonds is 2. The van der Waals surface area contributed by atoms with Crippen molar-refractivity contribution in [3.05, 3.63) is 59.1 Å². The van der Waals surface area contributed by atoms with Crippen LogP contribution in [0.3, 0.4) is 0 Å². The number of pyridine rings is 1. The zero-order valence-electron chi connectivity index (χ0n) is 8.65. The van der Waals surface area contributed by atoms with Crippen LogP contribution in [0.1, 0.15) is 10.4 Å². The van der Waals surface area contributed by atoms with E-state index in [4.69, 9.17) is 11.6 Å². The van der Waals surface area contributed by atoms with Crippen LogP contribution in [0.15, 0.2) is 42.7 Å². The largest absolute Gasteiger partial charge is 0.322 e. The Bertz CT molecular complexity index is 545. The molecule has 5 heteroatoms. The van der Waals surface area contributed by atoms with Crippen molar-refractivity contribution in [1.82, 2.24) is 4.98 Å². The van der Waals surface area contributed by atoms with Gasteiger partial charge in [0.2, 0.25) is 0 Å². The second kappa shape index (κ2) is 4.93. The minimum Gasteiger partial charge on any atom is -0.322 e. The molecule has 0 saturated carbocycles. The Morgan fingerprint density at radius 2 is 1.94 bits per heavy atom. The summed E-state index contributed by atoms with van der Waals surface area (Å²) in [5.74, 6) is -1.16. The Hall–Kier alpha value is -1.94. The van der Waals surface area contributed by atoms with Crippen molar-refractivity contribution >= 4 is 23.2 Å². The van der Waals surface area contributed by atoms with Gasteiger partial charge < -0.3 is 5.32 Å². The van der Waals surface area contributed by atoms with Gasteiger partial charge in [-0.3, -0.25) is 9.78 Å². The lowest BCUT2D eigenvalue weighted by molar-refractivity contribution is 0.102. The van der Waals surface area contributed by atoms with Crippen molar-refractivity contribution in [3.8, 4) is 0 Å². The Morgan fingerprint density at radius 3 is 2.65 bits per heavy atom. The summed E-state index contributed by atoms with van der Waals surface area (Å²) in [6.45, 7) is 0. The molecular formula is C12H8ClFN2O. The summed E-state index contributed by atoms with van der Waals surface area (Å²) in [5.41, 5.74) is 0.457. The summed E-state index contributed by atoms with van der Waals surface area (Å²) in [7, 11) is 0. The Kier molecular flexibility index (Phi) is 3.35. The van der Waals surface area contributed by atoms with Gasteiger partial charge in [0, 0.05) is 23.1 Å².